The molecule has 3 N–H and O–H groups in total. The first-order chi connectivity index (χ1) is 11.4. The summed E-state index contributed by atoms with van der Waals surface area (Å²) < 4.78 is 14.7. The fourth-order valence-corrected chi connectivity index (χ4v) is 2.53. The van der Waals surface area contributed by atoms with E-state index in [1.54, 1.807) is 19.3 Å². The first-order valence-electron chi connectivity index (χ1n) is 7.22. The van der Waals surface area contributed by atoms with Crippen LogP contribution in [0.3, 0.4) is 0 Å². The zero-order chi connectivity index (χ0) is 17.3. The van der Waals surface area contributed by atoms with Gasteiger partial charge in [-0.05, 0) is 23.8 Å². The van der Waals surface area contributed by atoms with Crippen molar-refractivity contribution in [2.45, 2.75) is 12.5 Å². The molecule has 7 nitrogen and oxygen atoms in total. The number of halogens is 1. The van der Waals surface area contributed by atoms with Gasteiger partial charge in [0.2, 0.25) is 0 Å². The highest BCUT2D eigenvalue weighted by atomic mass is 19.1. The first-order valence-corrected chi connectivity index (χ1v) is 7.22. The van der Waals surface area contributed by atoms with Crippen LogP contribution in [0.1, 0.15) is 15.9 Å². The summed E-state index contributed by atoms with van der Waals surface area (Å²) in [5.41, 5.74) is 1.54. The van der Waals surface area contributed by atoms with Gasteiger partial charge in [0.25, 0.3) is 5.91 Å². The van der Waals surface area contributed by atoms with Crippen molar-refractivity contribution in [2.24, 2.45) is 7.05 Å². The van der Waals surface area contributed by atoms with Crippen molar-refractivity contribution in [3.05, 3.63) is 53.7 Å². The molecule has 0 aliphatic heterocycles. The van der Waals surface area contributed by atoms with Crippen LogP contribution < -0.4 is 5.32 Å². The Kier molecular flexibility index (Phi) is 4.03. The molecule has 1 atom stereocenters. The normalized spacial score (nSPS) is 12.2. The van der Waals surface area contributed by atoms with Crippen LogP contribution in [0, 0.1) is 5.82 Å². The molecular weight excluding hydrogens is 315 g/mol. The number of carboxylic acids is 1. The number of amides is 1. The largest absolute Gasteiger partial charge is 0.480 e. The van der Waals surface area contributed by atoms with Crippen molar-refractivity contribution in [3.63, 3.8) is 0 Å². The van der Waals surface area contributed by atoms with E-state index in [1.807, 2.05) is 0 Å². The predicted molar refractivity (Wildman–Crippen MR) is 84.1 cm³/mol. The van der Waals surface area contributed by atoms with E-state index < -0.39 is 17.9 Å². The summed E-state index contributed by atoms with van der Waals surface area (Å²) in [6.45, 7) is 0. The first kappa shape index (κ1) is 15.7. The molecule has 24 heavy (non-hydrogen) atoms. The fourth-order valence-electron chi connectivity index (χ4n) is 2.53. The molecule has 1 aromatic carbocycles. The topological polar surface area (TPSA) is 100 Å². The van der Waals surface area contributed by atoms with Gasteiger partial charge < -0.3 is 15.4 Å². The smallest absolute Gasteiger partial charge is 0.326 e. The van der Waals surface area contributed by atoms with E-state index in [0.717, 1.165) is 5.39 Å². The number of nitrogens with zero attached hydrogens (tertiary/aromatic N) is 2. The minimum atomic E-state index is -1.15. The number of rotatable bonds is 5. The van der Waals surface area contributed by atoms with Crippen LogP contribution in [0.4, 0.5) is 4.39 Å². The summed E-state index contributed by atoms with van der Waals surface area (Å²) in [7, 11) is 1.66. The Balaban J connectivity index is 1.80. The quantitative estimate of drug-likeness (QED) is 0.659. The van der Waals surface area contributed by atoms with Gasteiger partial charge in [0, 0.05) is 36.8 Å². The van der Waals surface area contributed by atoms with E-state index in [4.69, 9.17) is 0 Å². The molecule has 0 saturated heterocycles. The number of carbonyl (C=O) groups excluding carboxylic acids is 1. The Hall–Kier alpha value is -3.16. The molecule has 8 heteroatoms. The molecule has 2 aromatic heterocycles. The van der Waals surface area contributed by atoms with Gasteiger partial charge in [-0.2, -0.15) is 5.10 Å². The van der Waals surface area contributed by atoms with E-state index in [-0.39, 0.29) is 17.8 Å². The Bertz CT molecular complexity index is 915. The van der Waals surface area contributed by atoms with Crippen LogP contribution in [-0.2, 0) is 18.3 Å². The van der Waals surface area contributed by atoms with Crippen LogP contribution in [0.2, 0.25) is 0 Å². The minimum absolute atomic E-state index is 0.0764. The number of carboxylic acid groups (broad SMARTS) is 1. The van der Waals surface area contributed by atoms with Gasteiger partial charge in [0.05, 0.1) is 11.8 Å². The summed E-state index contributed by atoms with van der Waals surface area (Å²) in [4.78, 5) is 26.5. The van der Waals surface area contributed by atoms with Crippen LogP contribution in [0.25, 0.3) is 10.9 Å². The van der Waals surface area contributed by atoms with Gasteiger partial charge in [-0.25, -0.2) is 9.18 Å². The van der Waals surface area contributed by atoms with Crippen LogP contribution >= 0.6 is 0 Å². The number of carbonyl (C=O) groups is 2. The molecule has 0 unspecified atom stereocenters. The molecule has 1 amide bonds. The Morgan fingerprint density at radius 1 is 1.46 bits per heavy atom. The lowest BCUT2D eigenvalue weighted by Gasteiger charge is -2.13. The van der Waals surface area contributed by atoms with Gasteiger partial charge in [-0.3, -0.25) is 9.48 Å². The Morgan fingerprint density at radius 2 is 2.25 bits per heavy atom. The van der Waals surface area contributed by atoms with Gasteiger partial charge in [0.1, 0.15) is 11.9 Å². The van der Waals surface area contributed by atoms with E-state index in [0.29, 0.717) is 11.1 Å². The number of aliphatic carboxylic acids is 1. The summed E-state index contributed by atoms with van der Waals surface area (Å²) in [5, 5.41) is 16.5. The number of aryl methyl sites for hydroxylation is 1. The molecule has 0 radical (unpaired) electrons. The van der Waals surface area contributed by atoms with Crippen LogP contribution in [0.15, 0.2) is 36.8 Å². The number of aromatic amines is 1. The molecule has 2 heterocycles. The second-order valence-electron chi connectivity index (χ2n) is 5.47. The zero-order valence-corrected chi connectivity index (χ0v) is 12.8. The van der Waals surface area contributed by atoms with E-state index >= 15 is 0 Å². The lowest BCUT2D eigenvalue weighted by molar-refractivity contribution is -0.139. The number of fused-ring (bicyclic) bond motifs is 1. The lowest BCUT2D eigenvalue weighted by atomic mass is 10.0. The molecule has 0 saturated carbocycles. The summed E-state index contributed by atoms with van der Waals surface area (Å²) in [6.07, 6.45) is 4.56. The number of hydrogen-bond donors (Lipinski definition) is 3. The number of H-pyrrole nitrogens is 1. The number of benzene rings is 1. The SMILES string of the molecule is Cn1cc(C(=O)N[C@H](Cc2c[nH]c3cc(F)ccc23)C(=O)O)cn1. The second kappa shape index (κ2) is 6.15. The third-order valence-electron chi connectivity index (χ3n) is 3.72. The molecule has 3 rings (SSSR count). The van der Waals surface area contributed by atoms with E-state index in [9.17, 15) is 19.1 Å². The highest BCUT2D eigenvalue weighted by Crippen LogP contribution is 2.20. The number of hydrogen-bond acceptors (Lipinski definition) is 3. The van der Waals surface area contributed by atoms with Gasteiger partial charge in [0.15, 0.2) is 0 Å². The second-order valence-corrected chi connectivity index (χ2v) is 5.47. The zero-order valence-electron chi connectivity index (χ0n) is 12.8. The molecular formula is C16H15FN4O3. The van der Waals surface area contributed by atoms with Crippen molar-refractivity contribution in [1.29, 1.82) is 0 Å². The van der Waals surface area contributed by atoms with Gasteiger partial charge in [-0.15, -0.1) is 0 Å². The number of aromatic nitrogens is 3. The maximum Gasteiger partial charge on any atom is 0.326 e. The van der Waals surface area contributed by atoms with Crippen LogP contribution in [-0.4, -0.2) is 37.8 Å². The van der Waals surface area contributed by atoms with Crippen molar-refractivity contribution < 1.29 is 19.1 Å². The third kappa shape index (κ3) is 3.12. The van der Waals surface area contributed by atoms with Crippen LogP contribution in [0.5, 0.6) is 0 Å². The molecule has 0 spiro atoms. The highest BCUT2D eigenvalue weighted by Gasteiger charge is 2.23. The molecule has 124 valence electrons. The summed E-state index contributed by atoms with van der Waals surface area (Å²) >= 11 is 0. The summed E-state index contributed by atoms with van der Waals surface area (Å²) in [5.74, 6) is -2.04. The van der Waals surface area contributed by atoms with E-state index in [2.05, 4.69) is 15.4 Å². The standard InChI is InChI=1S/C16H15FN4O3/c1-21-8-10(7-19-21)15(22)20-14(16(23)24)4-9-6-18-13-5-11(17)2-3-12(9)13/h2-3,5-8,14,18H,4H2,1H3,(H,20,22)(H,23,24)/t14-/m1/s1. The monoisotopic (exact) mass is 330 g/mol. The summed E-state index contributed by atoms with van der Waals surface area (Å²) in [6, 6.07) is 3.12. The van der Waals surface area contributed by atoms with Crippen molar-refractivity contribution in [3.8, 4) is 0 Å². The average Bonchev–Trinajstić information content (AvgIpc) is 3.12. The third-order valence-corrected chi connectivity index (χ3v) is 3.72. The predicted octanol–water partition coefficient (Wildman–Crippen LogP) is 1.47. The number of nitrogens with one attached hydrogen (secondary N) is 2. The molecule has 0 aliphatic carbocycles. The molecule has 0 fully saturated rings. The maximum atomic E-state index is 13.2. The average molecular weight is 330 g/mol. The molecule has 0 aliphatic rings. The van der Waals surface area contributed by atoms with Crippen molar-refractivity contribution in [2.75, 3.05) is 0 Å². The maximum absolute atomic E-state index is 13.2. The van der Waals surface area contributed by atoms with E-state index in [1.165, 1.54) is 29.2 Å². The van der Waals surface area contributed by atoms with Crippen molar-refractivity contribution in [1.82, 2.24) is 20.1 Å². The Labute approximate surface area is 136 Å². The lowest BCUT2D eigenvalue weighted by Crippen LogP contribution is -2.42. The molecule has 3 aromatic rings. The molecule has 0 bridgehead atoms. The fraction of sp³-hybridized carbons (Fsp3) is 0.188. The van der Waals surface area contributed by atoms with Gasteiger partial charge >= 0.3 is 5.97 Å². The minimum Gasteiger partial charge on any atom is -0.480 e. The van der Waals surface area contributed by atoms with Crippen molar-refractivity contribution >= 4 is 22.8 Å². The highest BCUT2D eigenvalue weighted by molar-refractivity contribution is 5.96. The van der Waals surface area contributed by atoms with Gasteiger partial charge in [-0.1, -0.05) is 0 Å². The Morgan fingerprint density at radius 3 is 2.92 bits per heavy atom.